The normalized spacial score (nSPS) is 15.7. The topological polar surface area (TPSA) is 61.5 Å². The van der Waals surface area contributed by atoms with Crippen LogP contribution in [0.15, 0.2) is 54.9 Å². The fraction of sp³-hybridized carbons (Fsp3) is 0.333. The van der Waals surface area contributed by atoms with Crippen LogP contribution in [-0.2, 0) is 13.0 Å². The van der Waals surface area contributed by atoms with Crippen LogP contribution in [0.5, 0.6) is 5.75 Å². The van der Waals surface area contributed by atoms with Gasteiger partial charge < -0.3 is 9.64 Å². The number of H-pyrrole nitrogens is 1. The molecule has 0 unspecified atom stereocenters. The standard InChI is InChI=1S/C24H28N4O2/c1-5-18-12-20(9-10-22(18)19-13-25-26-14-19)27-16-24(2,3)28(23(27)29)15-17-7-6-8-21(11-17)30-4/h6-14H,5,15-16H2,1-4H3,(H,25,26). The highest BCUT2D eigenvalue weighted by Crippen LogP contribution is 2.35. The van der Waals surface area contributed by atoms with Gasteiger partial charge in [0.2, 0.25) is 0 Å². The number of carbonyl (C=O) groups is 1. The molecule has 6 nitrogen and oxygen atoms in total. The van der Waals surface area contributed by atoms with Crippen molar-refractivity contribution in [3.05, 3.63) is 66.0 Å². The van der Waals surface area contributed by atoms with E-state index in [2.05, 4.69) is 43.1 Å². The summed E-state index contributed by atoms with van der Waals surface area (Å²) in [5.41, 5.74) is 5.12. The number of rotatable bonds is 6. The largest absolute Gasteiger partial charge is 0.497 e. The second kappa shape index (κ2) is 7.86. The van der Waals surface area contributed by atoms with E-state index in [1.54, 1.807) is 7.11 Å². The van der Waals surface area contributed by atoms with Crippen LogP contribution in [0, 0.1) is 0 Å². The second-order valence-corrected chi connectivity index (χ2v) is 8.30. The maximum atomic E-state index is 13.4. The van der Waals surface area contributed by atoms with Crippen LogP contribution < -0.4 is 9.64 Å². The number of amides is 2. The van der Waals surface area contributed by atoms with Gasteiger partial charge in [-0.2, -0.15) is 5.10 Å². The summed E-state index contributed by atoms with van der Waals surface area (Å²) in [6, 6.07) is 14.2. The molecule has 2 amide bonds. The molecule has 2 aromatic carbocycles. The summed E-state index contributed by atoms with van der Waals surface area (Å²) in [7, 11) is 1.66. The molecule has 1 aliphatic rings. The number of benzene rings is 2. The number of hydrogen-bond acceptors (Lipinski definition) is 3. The quantitative estimate of drug-likeness (QED) is 0.638. The van der Waals surface area contributed by atoms with Gasteiger partial charge >= 0.3 is 6.03 Å². The molecule has 6 heteroatoms. The molecule has 1 N–H and O–H groups in total. The molecular weight excluding hydrogens is 376 g/mol. The molecular formula is C24H28N4O2. The molecule has 0 radical (unpaired) electrons. The predicted molar refractivity (Wildman–Crippen MR) is 119 cm³/mol. The van der Waals surface area contributed by atoms with Crippen molar-refractivity contribution in [2.75, 3.05) is 18.6 Å². The molecule has 0 aliphatic carbocycles. The van der Waals surface area contributed by atoms with E-state index >= 15 is 0 Å². The Balaban J connectivity index is 1.62. The van der Waals surface area contributed by atoms with Gasteiger partial charge in [0, 0.05) is 24.0 Å². The van der Waals surface area contributed by atoms with E-state index in [9.17, 15) is 4.79 Å². The minimum atomic E-state index is -0.282. The lowest BCUT2D eigenvalue weighted by Gasteiger charge is -2.29. The lowest BCUT2D eigenvalue weighted by molar-refractivity contribution is 0.172. The summed E-state index contributed by atoms with van der Waals surface area (Å²) in [4.78, 5) is 17.2. The van der Waals surface area contributed by atoms with Gasteiger partial charge in [0.15, 0.2) is 0 Å². The average Bonchev–Trinajstić information content (AvgIpc) is 3.36. The number of aromatic nitrogens is 2. The van der Waals surface area contributed by atoms with Crippen LogP contribution in [0.4, 0.5) is 10.5 Å². The van der Waals surface area contributed by atoms with Crippen LogP contribution >= 0.6 is 0 Å². The third-order valence-electron chi connectivity index (χ3n) is 5.80. The van der Waals surface area contributed by atoms with Crippen molar-refractivity contribution >= 4 is 11.7 Å². The van der Waals surface area contributed by atoms with E-state index in [1.807, 2.05) is 52.5 Å². The molecule has 0 atom stereocenters. The molecule has 0 saturated carbocycles. The maximum Gasteiger partial charge on any atom is 0.325 e. The number of aromatic amines is 1. The maximum absolute atomic E-state index is 13.4. The molecule has 3 aromatic rings. The Morgan fingerprint density at radius 1 is 1.20 bits per heavy atom. The Bertz CT molecular complexity index is 1040. The number of anilines is 1. The fourth-order valence-electron chi connectivity index (χ4n) is 4.10. The first-order chi connectivity index (χ1) is 14.4. The highest BCUT2D eigenvalue weighted by Gasteiger charge is 2.43. The summed E-state index contributed by atoms with van der Waals surface area (Å²) < 4.78 is 5.34. The molecule has 30 heavy (non-hydrogen) atoms. The molecule has 1 aromatic heterocycles. The summed E-state index contributed by atoms with van der Waals surface area (Å²) in [5.74, 6) is 0.802. The number of hydrogen-bond donors (Lipinski definition) is 1. The highest BCUT2D eigenvalue weighted by atomic mass is 16.5. The van der Waals surface area contributed by atoms with E-state index in [4.69, 9.17) is 4.74 Å². The van der Waals surface area contributed by atoms with Crippen molar-refractivity contribution in [2.24, 2.45) is 0 Å². The zero-order valence-corrected chi connectivity index (χ0v) is 18.0. The van der Waals surface area contributed by atoms with Crippen LogP contribution in [0.25, 0.3) is 11.1 Å². The van der Waals surface area contributed by atoms with Crippen molar-refractivity contribution in [3.63, 3.8) is 0 Å². The van der Waals surface area contributed by atoms with Crippen LogP contribution in [-0.4, -0.2) is 40.3 Å². The van der Waals surface area contributed by atoms with Crippen molar-refractivity contribution in [3.8, 4) is 16.9 Å². The first-order valence-corrected chi connectivity index (χ1v) is 10.3. The summed E-state index contributed by atoms with van der Waals surface area (Å²) >= 11 is 0. The van der Waals surface area contributed by atoms with Crippen LogP contribution in [0.3, 0.4) is 0 Å². The van der Waals surface area contributed by atoms with Crippen molar-refractivity contribution in [1.29, 1.82) is 0 Å². The van der Waals surface area contributed by atoms with E-state index in [-0.39, 0.29) is 11.6 Å². The molecule has 1 aliphatic heterocycles. The first kappa shape index (κ1) is 20.0. The number of urea groups is 1. The van der Waals surface area contributed by atoms with E-state index in [0.717, 1.165) is 34.5 Å². The van der Waals surface area contributed by atoms with Gasteiger partial charge in [0.1, 0.15) is 5.75 Å². The van der Waals surface area contributed by atoms with Crippen LogP contribution in [0.2, 0.25) is 0 Å². The van der Waals surface area contributed by atoms with E-state index in [0.29, 0.717) is 13.1 Å². The molecule has 0 bridgehead atoms. The van der Waals surface area contributed by atoms with Gasteiger partial charge in [-0.15, -0.1) is 0 Å². The number of carbonyl (C=O) groups excluding carboxylic acids is 1. The number of methoxy groups -OCH3 is 1. The number of ether oxygens (including phenoxy) is 1. The van der Waals surface area contributed by atoms with Crippen LogP contribution in [0.1, 0.15) is 31.9 Å². The molecule has 4 rings (SSSR count). The summed E-state index contributed by atoms with van der Waals surface area (Å²) in [5, 5.41) is 6.94. The molecule has 2 heterocycles. The predicted octanol–water partition coefficient (Wildman–Crippen LogP) is 4.87. The number of nitrogens with zero attached hydrogens (tertiary/aromatic N) is 3. The first-order valence-electron chi connectivity index (χ1n) is 10.3. The lowest BCUT2D eigenvalue weighted by atomic mass is 9.99. The van der Waals surface area contributed by atoms with Gasteiger partial charge in [0.25, 0.3) is 0 Å². The Kier molecular flexibility index (Phi) is 5.24. The lowest BCUT2D eigenvalue weighted by Crippen LogP contribution is -2.41. The summed E-state index contributed by atoms with van der Waals surface area (Å²) in [6.45, 7) is 7.56. The molecule has 1 saturated heterocycles. The second-order valence-electron chi connectivity index (χ2n) is 8.30. The van der Waals surface area contributed by atoms with Crippen molar-refractivity contribution < 1.29 is 9.53 Å². The minimum absolute atomic E-state index is 0.0286. The zero-order valence-electron chi connectivity index (χ0n) is 18.0. The van der Waals surface area contributed by atoms with Crippen molar-refractivity contribution in [1.82, 2.24) is 15.1 Å². The average molecular weight is 405 g/mol. The Hall–Kier alpha value is -3.28. The Labute approximate surface area is 177 Å². The van der Waals surface area contributed by atoms with Gasteiger partial charge in [-0.05, 0) is 61.2 Å². The smallest absolute Gasteiger partial charge is 0.325 e. The molecule has 0 spiro atoms. The third-order valence-corrected chi connectivity index (χ3v) is 5.80. The summed E-state index contributed by atoms with van der Waals surface area (Å²) in [6.07, 6.45) is 4.61. The van der Waals surface area contributed by atoms with Gasteiger partial charge in [-0.3, -0.25) is 10.00 Å². The Morgan fingerprint density at radius 3 is 2.73 bits per heavy atom. The van der Waals surface area contributed by atoms with Gasteiger partial charge in [-0.25, -0.2) is 4.79 Å². The zero-order chi connectivity index (χ0) is 21.3. The minimum Gasteiger partial charge on any atom is -0.497 e. The number of aryl methyl sites for hydroxylation is 1. The Morgan fingerprint density at radius 2 is 2.03 bits per heavy atom. The van der Waals surface area contributed by atoms with E-state index < -0.39 is 0 Å². The molecule has 1 fully saturated rings. The monoisotopic (exact) mass is 404 g/mol. The van der Waals surface area contributed by atoms with E-state index in [1.165, 1.54) is 5.56 Å². The third kappa shape index (κ3) is 3.65. The van der Waals surface area contributed by atoms with Crippen molar-refractivity contribution in [2.45, 2.75) is 39.3 Å². The number of nitrogens with one attached hydrogen (secondary N) is 1. The fourth-order valence-corrected chi connectivity index (χ4v) is 4.10. The van der Waals surface area contributed by atoms with Gasteiger partial charge in [0.05, 0.1) is 25.4 Å². The highest BCUT2D eigenvalue weighted by molar-refractivity contribution is 5.95. The van der Waals surface area contributed by atoms with Gasteiger partial charge in [-0.1, -0.05) is 25.1 Å². The molecule has 156 valence electrons. The SMILES string of the molecule is CCc1cc(N2CC(C)(C)N(Cc3cccc(OC)c3)C2=O)ccc1-c1cn[nH]c1.